The van der Waals surface area contributed by atoms with Crippen LogP contribution in [0.15, 0.2) is 105 Å². The highest BCUT2D eigenvalue weighted by Crippen LogP contribution is 2.36. The van der Waals surface area contributed by atoms with Gasteiger partial charge in [-0.05, 0) is 55.3 Å². The molecule has 1 aliphatic rings. The van der Waals surface area contributed by atoms with Crippen LogP contribution in [0, 0.1) is 17.0 Å². The Morgan fingerprint density at radius 1 is 1.09 bits per heavy atom. The number of benzene rings is 3. The molecule has 3 heterocycles. The summed E-state index contributed by atoms with van der Waals surface area (Å²) >= 11 is 1.15. The molecule has 5 aromatic rings. The summed E-state index contributed by atoms with van der Waals surface area (Å²) in [5.74, 6) is 0.601. The zero-order valence-corrected chi connectivity index (χ0v) is 25.4. The molecule has 6 rings (SSSR count). The van der Waals surface area contributed by atoms with Crippen molar-refractivity contribution in [2.75, 3.05) is 13.7 Å². The third-order valence-corrected chi connectivity index (χ3v) is 8.28. The van der Waals surface area contributed by atoms with Gasteiger partial charge in [-0.25, -0.2) is 9.79 Å². The van der Waals surface area contributed by atoms with E-state index >= 15 is 0 Å². The van der Waals surface area contributed by atoms with Crippen molar-refractivity contribution in [1.82, 2.24) is 4.57 Å². The van der Waals surface area contributed by atoms with Crippen LogP contribution < -0.4 is 19.6 Å². The lowest BCUT2D eigenvalue weighted by Gasteiger charge is -2.26. The number of aryl methyl sites for hydroxylation is 1. The van der Waals surface area contributed by atoms with Crippen molar-refractivity contribution in [3.05, 3.63) is 143 Å². The van der Waals surface area contributed by atoms with Crippen molar-refractivity contribution in [2.24, 2.45) is 4.99 Å². The van der Waals surface area contributed by atoms with Crippen LogP contribution in [-0.4, -0.2) is 29.2 Å². The minimum atomic E-state index is -0.866. The minimum Gasteiger partial charge on any atom is -0.497 e. The summed E-state index contributed by atoms with van der Waals surface area (Å²) in [4.78, 5) is 44.2. The number of nitro groups is 1. The fourth-order valence-electron chi connectivity index (χ4n) is 5.27. The van der Waals surface area contributed by atoms with Crippen molar-refractivity contribution in [3.8, 4) is 17.1 Å². The molecule has 0 saturated heterocycles. The van der Waals surface area contributed by atoms with Crippen molar-refractivity contribution in [1.29, 1.82) is 0 Å². The van der Waals surface area contributed by atoms with Gasteiger partial charge in [-0.1, -0.05) is 59.9 Å². The van der Waals surface area contributed by atoms with Crippen molar-refractivity contribution < 1.29 is 23.6 Å². The number of hydrogen-bond donors (Lipinski definition) is 0. The Hall–Kier alpha value is -5.55. The number of nitrogens with zero attached hydrogens (tertiary/aromatic N) is 3. The molecule has 1 aliphatic heterocycles. The van der Waals surface area contributed by atoms with Gasteiger partial charge in [0, 0.05) is 17.7 Å². The minimum absolute atomic E-state index is 0.0755. The van der Waals surface area contributed by atoms with Gasteiger partial charge in [0.1, 0.15) is 17.3 Å². The van der Waals surface area contributed by atoms with Gasteiger partial charge >= 0.3 is 5.97 Å². The highest BCUT2D eigenvalue weighted by molar-refractivity contribution is 7.07. The van der Waals surface area contributed by atoms with Crippen molar-refractivity contribution in [3.63, 3.8) is 0 Å². The van der Waals surface area contributed by atoms with E-state index in [1.165, 1.54) is 10.6 Å². The molecule has 0 saturated carbocycles. The molecule has 0 bridgehead atoms. The summed E-state index contributed by atoms with van der Waals surface area (Å²) < 4.78 is 18.7. The van der Waals surface area contributed by atoms with Gasteiger partial charge in [0.2, 0.25) is 0 Å². The quantitative estimate of drug-likeness (QED) is 0.129. The molecule has 10 nitrogen and oxygen atoms in total. The zero-order valence-electron chi connectivity index (χ0n) is 24.6. The van der Waals surface area contributed by atoms with E-state index in [1.807, 2.05) is 36.4 Å². The topological polar surface area (TPSA) is 126 Å². The van der Waals surface area contributed by atoms with E-state index in [-0.39, 0.29) is 23.4 Å². The fraction of sp³-hybridized carbons (Fsp3) is 0.147. The summed E-state index contributed by atoms with van der Waals surface area (Å²) in [6.07, 6.45) is 1.58. The van der Waals surface area contributed by atoms with E-state index in [9.17, 15) is 19.7 Å². The summed E-state index contributed by atoms with van der Waals surface area (Å²) in [6.45, 7) is 3.64. The molecule has 0 aliphatic carbocycles. The zero-order chi connectivity index (χ0) is 31.7. The van der Waals surface area contributed by atoms with Crippen LogP contribution in [0.25, 0.3) is 23.1 Å². The number of rotatable bonds is 8. The SMILES string of the molecule is CCOC(=O)C1=C(c2ccccc2)N=c2s/c(=C\c3ccc(-c4ccc(C)cc4[N+](=O)[O-])o3)c(=O)n2[C@H]1c1cccc(OC)c1. The monoisotopic (exact) mass is 621 g/mol. The van der Waals surface area contributed by atoms with Crippen LogP contribution in [0.3, 0.4) is 0 Å². The predicted molar refractivity (Wildman–Crippen MR) is 170 cm³/mol. The van der Waals surface area contributed by atoms with Crippen LogP contribution >= 0.6 is 11.3 Å². The fourth-order valence-corrected chi connectivity index (χ4v) is 6.25. The molecule has 0 unspecified atom stereocenters. The Morgan fingerprint density at radius 3 is 2.62 bits per heavy atom. The number of fused-ring (bicyclic) bond motifs is 1. The first-order valence-electron chi connectivity index (χ1n) is 14.1. The smallest absolute Gasteiger partial charge is 0.338 e. The van der Waals surface area contributed by atoms with Gasteiger partial charge in [0.05, 0.1) is 46.0 Å². The lowest BCUT2D eigenvalue weighted by molar-refractivity contribution is -0.384. The maximum Gasteiger partial charge on any atom is 0.338 e. The van der Waals surface area contributed by atoms with Crippen molar-refractivity contribution in [2.45, 2.75) is 19.9 Å². The molecule has 45 heavy (non-hydrogen) atoms. The standard InChI is InChI=1S/C34H27N3O7S/c1-4-43-33(39)29-30(21-9-6-5-7-10-21)35-34-36(31(29)22-11-8-12-23(18-22)42-3)32(38)28(45-34)19-24-14-16-27(44-24)25-15-13-20(2)17-26(25)37(40)41/h5-19,31H,4H2,1-3H3/b28-19-/t31-/m0/s1. The molecule has 0 N–H and O–H groups in total. The normalized spacial score (nSPS) is 14.6. The predicted octanol–water partition coefficient (Wildman–Crippen LogP) is 5.42. The molecule has 0 amide bonds. The van der Waals surface area contributed by atoms with Gasteiger partial charge in [-0.2, -0.15) is 0 Å². The maximum atomic E-state index is 14.1. The van der Waals surface area contributed by atoms with Crippen LogP contribution in [0.4, 0.5) is 5.69 Å². The summed E-state index contributed by atoms with van der Waals surface area (Å²) in [7, 11) is 1.55. The molecule has 1 atom stereocenters. The van der Waals surface area contributed by atoms with Crippen LogP contribution in [0.1, 0.15) is 35.4 Å². The van der Waals surface area contributed by atoms with E-state index < -0.39 is 16.9 Å². The average Bonchev–Trinajstić information content (AvgIpc) is 3.64. The number of furan rings is 1. The molecule has 2 aromatic heterocycles. The second-order valence-corrected chi connectivity index (χ2v) is 11.2. The Labute approximate surface area is 261 Å². The van der Waals surface area contributed by atoms with Gasteiger partial charge in [-0.3, -0.25) is 19.5 Å². The van der Waals surface area contributed by atoms with E-state index in [2.05, 4.69) is 0 Å². The van der Waals surface area contributed by atoms with E-state index in [0.717, 1.165) is 16.9 Å². The average molecular weight is 622 g/mol. The Morgan fingerprint density at radius 2 is 1.89 bits per heavy atom. The second-order valence-electron chi connectivity index (χ2n) is 10.2. The largest absolute Gasteiger partial charge is 0.497 e. The van der Waals surface area contributed by atoms with Gasteiger partial charge in [0.25, 0.3) is 11.2 Å². The first kappa shape index (κ1) is 29.5. The molecule has 0 radical (unpaired) electrons. The summed E-state index contributed by atoms with van der Waals surface area (Å²) in [5.41, 5.74) is 2.58. The number of carbonyl (C=O) groups excluding carboxylic acids is 1. The molecule has 11 heteroatoms. The molecule has 3 aromatic carbocycles. The molecule has 226 valence electrons. The molecular weight excluding hydrogens is 594 g/mol. The Balaban J connectivity index is 1.56. The number of carbonyl (C=O) groups is 1. The lowest BCUT2D eigenvalue weighted by atomic mass is 9.93. The maximum absolute atomic E-state index is 14.1. The Kier molecular flexibility index (Phi) is 8.01. The molecule has 0 spiro atoms. The van der Waals surface area contributed by atoms with Crippen LogP contribution in [0.5, 0.6) is 5.75 Å². The third-order valence-electron chi connectivity index (χ3n) is 7.30. The molecule has 0 fully saturated rings. The number of ether oxygens (including phenoxy) is 2. The van der Waals surface area contributed by atoms with Crippen LogP contribution in [0.2, 0.25) is 0 Å². The van der Waals surface area contributed by atoms with Gasteiger partial charge in [0.15, 0.2) is 4.80 Å². The van der Waals surface area contributed by atoms with Crippen molar-refractivity contribution >= 4 is 34.8 Å². The highest BCUT2D eigenvalue weighted by Gasteiger charge is 2.35. The van der Waals surface area contributed by atoms with Gasteiger partial charge in [-0.15, -0.1) is 0 Å². The third kappa shape index (κ3) is 5.61. The highest BCUT2D eigenvalue weighted by atomic mass is 32.1. The second kappa shape index (κ2) is 12.2. The van der Waals surface area contributed by atoms with Gasteiger partial charge < -0.3 is 13.9 Å². The number of esters is 1. The number of nitro benzene ring substituents is 1. The van der Waals surface area contributed by atoms with E-state index in [4.69, 9.17) is 18.9 Å². The van der Waals surface area contributed by atoms with E-state index in [1.54, 1.807) is 69.5 Å². The summed E-state index contributed by atoms with van der Waals surface area (Å²) in [6, 6.07) is 23.8. The first-order valence-corrected chi connectivity index (χ1v) is 14.9. The lowest BCUT2D eigenvalue weighted by Crippen LogP contribution is -2.40. The number of aromatic nitrogens is 1. The molecular formula is C34H27N3O7S. The van der Waals surface area contributed by atoms with Crippen LogP contribution in [-0.2, 0) is 9.53 Å². The van der Waals surface area contributed by atoms with E-state index in [0.29, 0.717) is 49.0 Å². The summed E-state index contributed by atoms with van der Waals surface area (Å²) in [5, 5.41) is 11.7. The number of methoxy groups -OCH3 is 1. The number of hydrogen-bond acceptors (Lipinski definition) is 9. The first-order chi connectivity index (χ1) is 21.8. The number of thiazole rings is 1. The Bertz CT molecular complexity index is 2160.